The number of aromatic nitrogens is 2. The Balaban J connectivity index is 1.68. The fourth-order valence-corrected chi connectivity index (χ4v) is 3.10. The number of rotatable bonds is 4. The van der Waals surface area contributed by atoms with Gasteiger partial charge in [0.2, 0.25) is 6.10 Å². The molecule has 0 aliphatic carbocycles. The van der Waals surface area contributed by atoms with E-state index < -0.39 is 12.3 Å². The van der Waals surface area contributed by atoms with E-state index in [1.165, 1.54) is 30.5 Å². The SMILES string of the molecule is Cn1cnc(C2=CNC=C3C(O)=CN(O[C@H](c4ccccc4)C(F)(F)F)C=C32)c1. The van der Waals surface area contributed by atoms with Crippen LogP contribution >= 0.6 is 0 Å². The van der Waals surface area contributed by atoms with Crippen molar-refractivity contribution >= 4 is 5.57 Å². The van der Waals surface area contributed by atoms with Gasteiger partial charge in [0.15, 0.2) is 0 Å². The van der Waals surface area contributed by atoms with Crippen molar-refractivity contribution < 1.29 is 23.1 Å². The van der Waals surface area contributed by atoms with Crippen LogP contribution in [0.5, 0.6) is 0 Å². The van der Waals surface area contributed by atoms with Gasteiger partial charge in [0, 0.05) is 48.6 Å². The minimum Gasteiger partial charge on any atom is -0.506 e. The van der Waals surface area contributed by atoms with Crippen molar-refractivity contribution in [2.24, 2.45) is 7.05 Å². The summed E-state index contributed by atoms with van der Waals surface area (Å²) >= 11 is 0. The Labute approximate surface area is 164 Å². The number of aliphatic hydroxyl groups is 1. The summed E-state index contributed by atoms with van der Waals surface area (Å²) in [7, 11) is 1.81. The first kappa shape index (κ1) is 18.9. The Bertz CT molecular complexity index is 1040. The first-order valence-corrected chi connectivity index (χ1v) is 8.68. The molecule has 0 saturated carbocycles. The molecule has 0 fully saturated rings. The average Bonchev–Trinajstić information content (AvgIpc) is 3.12. The summed E-state index contributed by atoms with van der Waals surface area (Å²) in [5, 5.41) is 14.2. The molecule has 2 aromatic rings. The van der Waals surface area contributed by atoms with Gasteiger partial charge in [-0.05, 0) is 5.56 Å². The van der Waals surface area contributed by atoms with Crippen molar-refractivity contribution in [2.75, 3.05) is 0 Å². The van der Waals surface area contributed by atoms with Crippen molar-refractivity contribution in [3.05, 3.63) is 95.8 Å². The molecule has 1 atom stereocenters. The Morgan fingerprint density at radius 1 is 1.07 bits per heavy atom. The number of dihydropyridines is 1. The lowest BCUT2D eigenvalue weighted by Gasteiger charge is -2.30. The zero-order valence-electron chi connectivity index (χ0n) is 15.3. The van der Waals surface area contributed by atoms with E-state index in [4.69, 9.17) is 4.84 Å². The monoisotopic (exact) mass is 402 g/mol. The molecule has 6 nitrogen and oxygen atoms in total. The maximum Gasteiger partial charge on any atom is 0.421 e. The van der Waals surface area contributed by atoms with Crippen molar-refractivity contribution in [1.82, 2.24) is 19.9 Å². The summed E-state index contributed by atoms with van der Waals surface area (Å²) in [6, 6.07) is 7.33. The molecule has 1 aromatic heterocycles. The van der Waals surface area contributed by atoms with E-state index in [1.54, 1.807) is 42.6 Å². The van der Waals surface area contributed by atoms with Crippen LogP contribution < -0.4 is 5.32 Å². The lowest BCUT2D eigenvalue weighted by atomic mass is 9.93. The van der Waals surface area contributed by atoms with Crippen LogP contribution in [0.1, 0.15) is 17.4 Å². The first-order valence-electron chi connectivity index (χ1n) is 8.68. The van der Waals surface area contributed by atoms with Crippen LogP contribution in [0.25, 0.3) is 5.57 Å². The van der Waals surface area contributed by atoms with E-state index in [1.807, 2.05) is 0 Å². The lowest BCUT2D eigenvalue weighted by Crippen LogP contribution is -2.30. The maximum atomic E-state index is 13.6. The number of fused-ring (bicyclic) bond motifs is 1. The molecule has 1 aromatic carbocycles. The molecule has 3 heterocycles. The molecule has 0 spiro atoms. The Morgan fingerprint density at radius 2 is 1.79 bits per heavy atom. The van der Waals surface area contributed by atoms with Gasteiger partial charge in [0.05, 0.1) is 18.2 Å². The lowest BCUT2D eigenvalue weighted by molar-refractivity contribution is -0.277. The molecule has 150 valence electrons. The standard InChI is InChI=1S/C20H17F3N4O2/c1-26-10-17(25-12-26)14-7-24-8-15-16(14)9-27(11-18(15)28)29-19(20(21,22)23)13-5-3-2-4-6-13/h2-12,19,24,28H,1H3/t19-/m1/s1. The van der Waals surface area contributed by atoms with Crippen LogP contribution in [0.4, 0.5) is 13.2 Å². The van der Waals surface area contributed by atoms with Gasteiger partial charge < -0.3 is 15.0 Å². The van der Waals surface area contributed by atoms with E-state index in [0.29, 0.717) is 22.4 Å². The number of hydrogen-bond acceptors (Lipinski definition) is 5. The Kier molecular flexibility index (Phi) is 4.67. The second-order valence-electron chi connectivity index (χ2n) is 6.56. The molecule has 0 saturated heterocycles. The number of aliphatic hydroxyl groups excluding tert-OH is 1. The predicted octanol–water partition coefficient (Wildman–Crippen LogP) is 4.08. The fourth-order valence-electron chi connectivity index (χ4n) is 3.10. The van der Waals surface area contributed by atoms with Crippen molar-refractivity contribution in [3.8, 4) is 0 Å². The van der Waals surface area contributed by atoms with E-state index >= 15 is 0 Å². The predicted molar refractivity (Wildman–Crippen MR) is 99.4 cm³/mol. The van der Waals surface area contributed by atoms with Gasteiger partial charge in [0.25, 0.3) is 0 Å². The van der Waals surface area contributed by atoms with E-state index in [2.05, 4.69) is 10.3 Å². The number of hydrogen-bond donors (Lipinski definition) is 2. The third kappa shape index (κ3) is 3.77. The second-order valence-corrected chi connectivity index (χ2v) is 6.56. The number of alkyl halides is 3. The molecular formula is C20H17F3N4O2. The summed E-state index contributed by atoms with van der Waals surface area (Å²) in [4.78, 5) is 9.52. The average molecular weight is 402 g/mol. The van der Waals surface area contributed by atoms with Gasteiger partial charge in [0.1, 0.15) is 5.76 Å². The minimum atomic E-state index is -4.65. The Hall–Kier alpha value is -3.46. The third-order valence-electron chi connectivity index (χ3n) is 4.43. The molecule has 9 heteroatoms. The summed E-state index contributed by atoms with van der Waals surface area (Å²) in [6.07, 6.45) is 2.24. The normalized spacial score (nSPS) is 17.4. The molecule has 0 amide bonds. The van der Waals surface area contributed by atoms with Crippen LogP contribution in [0.15, 0.2) is 84.6 Å². The van der Waals surface area contributed by atoms with Crippen LogP contribution in [0, 0.1) is 0 Å². The summed E-state index contributed by atoms with van der Waals surface area (Å²) in [5.74, 6) is -0.231. The smallest absolute Gasteiger partial charge is 0.421 e. The van der Waals surface area contributed by atoms with E-state index in [0.717, 1.165) is 11.3 Å². The highest BCUT2D eigenvalue weighted by molar-refractivity contribution is 5.85. The van der Waals surface area contributed by atoms with Crippen molar-refractivity contribution in [2.45, 2.75) is 12.3 Å². The summed E-state index contributed by atoms with van der Waals surface area (Å²) < 4.78 is 42.6. The molecule has 2 N–H and O–H groups in total. The molecule has 4 rings (SSSR count). The third-order valence-corrected chi connectivity index (χ3v) is 4.43. The van der Waals surface area contributed by atoms with E-state index in [9.17, 15) is 18.3 Å². The number of nitrogens with one attached hydrogen (secondary N) is 1. The van der Waals surface area contributed by atoms with Crippen molar-refractivity contribution in [1.29, 1.82) is 0 Å². The van der Waals surface area contributed by atoms with Crippen LogP contribution in [-0.2, 0) is 11.9 Å². The topological polar surface area (TPSA) is 62.5 Å². The first-order chi connectivity index (χ1) is 13.8. The minimum absolute atomic E-state index is 0.0431. The van der Waals surface area contributed by atoms with Gasteiger partial charge in [-0.15, -0.1) is 0 Å². The van der Waals surface area contributed by atoms with Crippen molar-refractivity contribution in [3.63, 3.8) is 0 Å². The molecule has 2 aliphatic heterocycles. The van der Waals surface area contributed by atoms with Gasteiger partial charge in [-0.1, -0.05) is 30.3 Å². The Morgan fingerprint density at radius 3 is 2.45 bits per heavy atom. The largest absolute Gasteiger partial charge is 0.506 e. The van der Waals surface area contributed by atoms with Crippen LogP contribution in [0.3, 0.4) is 0 Å². The van der Waals surface area contributed by atoms with Gasteiger partial charge in [-0.3, -0.25) is 4.84 Å². The molecule has 2 aliphatic rings. The maximum absolute atomic E-state index is 13.6. The molecule has 0 radical (unpaired) electrons. The number of nitrogens with zero attached hydrogens (tertiary/aromatic N) is 3. The number of allylic oxidation sites excluding steroid dienone is 2. The second kappa shape index (κ2) is 7.17. The van der Waals surface area contributed by atoms with Crippen LogP contribution in [-0.4, -0.2) is 25.9 Å². The molecule has 0 bridgehead atoms. The zero-order chi connectivity index (χ0) is 20.6. The number of aryl methyl sites for hydroxylation is 1. The summed E-state index contributed by atoms with van der Waals surface area (Å²) in [6.45, 7) is 0. The summed E-state index contributed by atoms with van der Waals surface area (Å²) in [5.41, 5.74) is 2.08. The zero-order valence-corrected chi connectivity index (χ0v) is 15.3. The molecule has 0 unspecified atom stereocenters. The number of benzene rings is 1. The highest BCUT2D eigenvalue weighted by Gasteiger charge is 2.44. The van der Waals surface area contributed by atoms with Gasteiger partial charge in [-0.2, -0.15) is 13.2 Å². The van der Waals surface area contributed by atoms with E-state index in [-0.39, 0.29) is 11.3 Å². The highest BCUT2D eigenvalue weighted by atomic mass is 19.4. The quantitative estimate of drug-likeness (QED) is 0.807. The number of imidazole rings is 1. The van der Waals surface area contributed by atoms with Crippen LogP contribution in [0.2, 0.25) is 0 Å². The number of halogens is 3. The number of hydroxylamine groups is 2. The van der Waals surface area contributed by atoms with Gasteiger partial charge in [-0.25, -0.2) is 10.0 Å². The molecule has 29 heavy (non-hydrogen) atoms. The highest BCUT2D eigenvalue weighted by Crippen LogP contribution is 2.40. The fraction of sp³-hybridized carbons (Fsp3) is 0.150. The molecular weight excluding hydrogens is 385 g/mol. The van der Waals surface area contributed by atoms with Gasteiger partial charge >= 0.3 is 6.18 Å².